The molecule has 1 aliphatic rings. The van der Waals surface area contributed by atoms with E-state index in [0.717, 1.165) is 25.7 Å². The van der Waals surface area contributed by atoms with Gasteiger partial charge in [0, 0.05) is 11.4 Å². The van der Waals surface area contributed by atoms with E-state index in [1.165, 1.54) is 21.8 Å². The van der Waals surface area contributed by atoms with Crippen molar-refractivity contribution < 1.29 is 19.1 Å². The molecule has 24 heavy (non-hydrogen) atoms. The lowest BCUT2D eigenvalue weighted by molar-refractivity contribution is -0.127. The van der Waals surface area contributed by atoms with Crippen LogP contribution in [0.2, 0.25) is 0 Å². The summed E-state index contributed by atoms with van der Waals surface area (Å²) in [6.07, 6.45) is 3.97. The van der Waals surface area contributed by atoms with Crippen LogP contribution in [-0.2, 0) is 27.2 Å². The molecule has 0 spiro atoms. The summed E-state index contributed by atoms with van der Waals surface area (Å²) in [6, 6.07) is 1.88. The van der Waals surface area contributed by atoms with Crippen molar-refractivity contribution in [2.45, 2.75) is 39.5 Å². The zero-order valence-corrected chi connectivity index (χ0v) is 15.0. The van der Waals surface area contributed by atoms with Crippen molar-refractivity contribution in [1.82, 2.24) is 10.6 Å². The van der Waals surface area contributed by atoms with Crippen molar-refractivity contribution in [3.05, 3.63) is 21.4 Å². The fourth-order valence-electron chi connectivity index (χ4n) is 2.57. The van der Waals surface area contributed by atoms with Crippen LogP contribution in [0.15, 0.2) is 6.07 Å². The Balaban J connectivity index is 1.75. The van der Waals surface area contributed by atoms with Crippen LogP contribution in [0.25, 0.3) is 0 Å². The lowest BCUT2D eigenvalue weighted by Crippen LogP contribution is -2.38. The molecule has 6 nitrogen and oxygen atoms in total. The van der Waals surface area contributed by atoms with Gasteiger partial charge in [0.15, 0.2) is 6.61 Å². The first-order valence-electron chi connectivity index (χ1n) is 8.31. The molecule has 2 amide bonds. The molecule has 0 aromatic carbocycles. The van der Waals surface area contributed by atoms with Gasteiger partial charge in [0.1, 0.15) is 4.88 Å². The normalized spacial score (nSPS) is 16.2. The van der Waals surface area contributed by atoms with E-state index in [4.69, 9.17) is 4.74 Å². The van der Waals surface area contributed by atoms with Gasteiger partial charge in [-0.2, -0.15) is 0 Å². The van der Waals surface area contributed by atoms with Crippen LogP contribution in [0.5, 0.6) is 0 Å². The number of hydrogen-bond acceptors (Lipinski definition) is 5. The Labute approximate surface area is 146 Å². The van der Waals surface area contributed by atoms with Crippen LogP contribution in [0.3, 0.4) is 0 Å². The second-order valence-corrected chi connectivity index (χ2v) is 7.25. The van der Waals surface area contributed by atoms with E-state index in [1.54, 1.807) is 0 Å². The number of esters is 1. The smallest absolute Gasteiger partial charge is 0.348 e. The highest BCUT2D eigenvalue weighted by molar-refractivity contribution is 7.14. The predicted octanol–water partition coefficient (Wildman–Crippen LogP) is 1.67. The number of aryl methyl sites for hydroxylation is 1. The monoisotopic (exact) mass is 352 g/mol. The van der Waals surface area contributed by atoms with Crippen molar-refractivity contribution in [2.75, 3.05) is 19.7 Å². The second kappa shape index (κ2) is 8.82. The average Bonchev–Trinajstić information content (AvgIpc) is 2.99. The molecule has 0 saturated carbocycles. The summed E-state index contributed by atoms with van der Waals surface area (Å²) in [4.78, 5) is 36.9. The molecule has 0 aliphatic heterocycles. The van der Waals surface area contributed by atoms with Crippen molar-refractivity contribution in [1.29, 1.82) is 0 Å². The van der Waals surface area contributed by atoms with Crippen molar-refractivity contribution in [2.24, 2.45) is 5.92 Å². The fraction of sp³-hybridized carbons (Fsp3) is 0.588. The number of rotatable bonds is 7. The molecule has 132 valence electrons. The summed E-state index contributed by atoms with van der Waals surface area (Å²) >= 11 is 1.45. The van der Waals surface area contributed by atoms with Gasteiger partial charge in [0.25, 0.3) is 5.91 Å². The van der Waals surface area contributed by atoms with Crippen LogP contribution in [0.1, 0.15) is 46.8 Å². The molecule has 1 aromatic heterocycles. The van der Waals surface area contributed by atoms with Crippen molar-refractivity contribution in [3.8, 4) is 0 Å². The molecule has 1 aromatic rings. The summed E-state index contributed by atoms with van der Waals surface area (Å²) in [6.45, 7) is 4.24. The number of hydrogen-bond donors (Lipinski definition) is 2. The third kappa shape index (κ3) is 5.33. The Kier molecular flexibility index (Phi) is 6.78. The maximum absolute atomic E-state index is 12.1. The molecular formula is C17H24N2O4S. The molecule has 1 aliphatic carbocycles. The Bertz CT molecular complexity index is 612. The Morgan fingerprint density at radius 1 is 1.29 bits per heavy atom. The molecule has 2 rings (SSSR count). The Morgan fingerprint density at radius 2 is 2.08 bits per heavy atom. The average molecular weight is 352 g/mol. The standard InChI is InChI=1S/C17H24N2O4S/c1-3-6-18-15(20)9-19-16(21)10-23-17(22)14-8-12-7-11(2)4-5-13(12)24-14/h8,11H,3-7,9-10H2,1-2H3,(H,18,20)(H,19,21)/t11-/m1/s1. The number of carbonyl (C=O) groups is 3. The van der Waals surface area contributed by atoms with Crippen LogP contribution in [-0.4, -0.2) is 37.5 Å². The molecule has 1 atom stereocenters. The van der Waals surface area contributed by atoms with Gasteiger partial charge >= 0.3 is 5.97 Å². The quantitative estimate of drug-likeness (QED) is 0.731. The van der Waals surface area contributed by atoms with Crippen molar-refractivity contribution >= 4 is 29.1 Å². The lowest BCUT2D eigenvalue weighted by Gasteiger charge is -2.16. The molecule has 0 fully saturated rings. The van der Waals surface area contributed by atoms with Crippen LogP contribution in [0.4, 0.5) is 0 Å². The highest BCUT2D eigenvalue weighted by atomic mass is 32.1. The molecule has 0 saturated heterocycles. The first-order valence-corrected chi connectivity index (χ1v) is 9.13. The lowest BCUT2D eigenvalue weighted by atomic mass is 9.90. The summed E-state index contributed by atoms with van der Waals surface area (Å²) in [5, 5.41) is 5.08. The van der Waals surface area contributed by atoms with Gasteiger partial charge in [0.2, 0.25) is 5.91 Å². The highest BCUT2D eigenvalue weighted by Crippen LogP contribution is 2.32. The van der Waals surface area contributed by atoms with E-state index in [0.29, 0.717) is 17.3 Å². The summed E-state index contributed by atoms with van der Waals surface area (Å²) < 4.78 is 5.04. The van der Waals surface area contributed by atoms with Gasteiger partial charge in [-0.3, -0.25) is 9.59 Å². The molecule has 2 N–H and O–H groups in total. The van der Waals surface area contributed by atoms with Gasteiger partial charge in [-0.15, -0.1) is 11.3 Å². The van der Waals surface area contributed by atoms with Crippen LogP contribution >= 0.6 is 11.3 Å². The molecular weight excluding hydrogens is 328 g/mol. The summed E-state index contributed by atoms with van der Waals surface area (Å²) in [7, 11) is 0. The van der Waals surface area contributed by atoms with E-state index in [2.05, 4.69) is 17.6 Å². The highest BCUT2D eigenvalue weighted by Gasteiger charge is 2.21. The number of nitrogens with one attached hydrogen (secondary N) is 2. The predicted molar refractivity (Wildman–Crippen MR) is 92.1 cm³/mol. The van der Waals surface area contributed by atoms with Gasteiger partial charge in [-0.25, -0.2) is 4.79 Å². The maximum atomic E-state index is 12.1. The van der Waals surface area contributed by atoms with Crippen LogP contribution in [0, 0.1) is 5.92 Å². The Hall–Kier alpha value is -1.89. The minimum absolute atomic E-state index is 0.110. The van der Waals surface area contributed by atoms with Gasteiger partial charge in [0.05, 0.1) is 6.54 Å². The minimum Gasteiger partial charge on any atom is -0.451 e. The third-order valence-corrected chi connectivity index (χ3v) is 5.10. The second-order valence-electron chi connectivity index (χ2n) is 6.11. The van der Waals surface area contributed by atoms with Gasteiger partial charge in [-0.1, -0.05) is 13.8 Å². The largest absolute Gasteiger partial charge is 0.451 e. The SMILES string of the molecule is CCCNC(=O)CNC(=O)COC(=O)c1cc2c(s1)CC[C@@H](C)C2. The van der Waals surface area contributed by atoms with Crippen LogP contribution < -0.4 is 10.6 Å². The number of amides is 2. The van der Waals surface area contributed by atoms with E-state index in [1.807, 2.05) is 13.0 Å². The van der Waals surface area contributed by atoms with E-state index in [-0.39, 0.29) is 19.1 Å². The maximum Gasteiger partial charge on any atom is 0.348 e. The fourth-order valence-corrected chi connectivity index (χ4v) is 3.67. The minimum atomic E-state index is -0.482. The van der Waals surface area contributed by atoms with Crippen molar-refractivity contribution in [3.63, 3.8) is 0 Å². The Morgan fingerprint density at radius 3 is 2.83 bits per heavy atom. The van der Waals surface area contributed by atoms with Gasteiger partial charge < -0.3 is 15.4 Å². The van der Waals surface area contributed by atoms with E-state index >= 15 is 0 Å². The van der Waals surface area contributed by atoms with Gasteiger partial charge in [-0.05, 0) is 43.2 Å². The molecule has 0 bridgehead atoms. The third-order valence-electron chi connectivity index (χ3n) is 3.88. The first-order chi connectivity index (χ1) is 11.5. The van der Waals surface area contributed by atoms with E-state index < -0.39 is 11.9 Å². The molecule has 7 heteroatoms. The zero-order chi connectivity index (χ0) is 17.5. The number of carbonyl (C=O) groups excluding carboxylic acids is 3. The summed E-state index contributed by atoms with van der Waals surface area (Å²) in [5.41, 5.74) is 1.22. The zero-order valence-electron chi connectivity index (χ0n) is 14.1. The van der Waals surface area contributed by atoms with E-state index in [9.17, 15) is 14.4 Å². The number of ether oxygens (including phenoxy) is 1. The topological polar surface area (TPSA) is 84.5 Å². The summed E-state index contributed by atoms with van der Waals surface area (Å²) in [5.74, 6) is -0.574. The molecule has 1 heterocycles. The molecule has 0 radical (unpaired) electrons. The molecule has 0 unspecified atom stereocenters. The first kappa shape index (κ1) is 18.4. The number of fused-ring (bicyclic) bond motifs is 1. The number of thiophene rings is 1.